The van der Waals surface area contributed by atoms with Crippen LogP contribution in [0.5, 0.6) is 0 Å². The summed E-state index contributed by atoms with van der Waals surface area (Å²) < 4.78 is 0. The van der Waals surface area contributed by atoms with Crippen molar-refractivity contribution < 1.29 is 14.7 Å². The van der Waals surface area contributed by atoms with Crippen molar-refractivity contribution in [2.75, 3.05) is 0 Å². The van der Waals surface area contributed by atoms with Gasteiger partial charge in [-0.2, -0.15) is 0 Å². The zero-order valence-electron chi connectivity index (χ0n) is 10.8. The van der Waals surface area contributed by atoms with E-state index in [1.165, 1.54) is 0 Å². The maximum absolute atomic E-state index is 12.0. The van der Waals surface area contributed by atoms with E-state index >= 15 is 0 Å². The summed E-state index contributed by atoms with van der Waals surface area (Å²) in [6.45, 7) is 3.98. The molecule has 0 aromatic rings. The van der Waals surface area contributed by atoms with Crippen molar-refractivity contribution in [3.05, 3.63) is 0 Å². The molecule has 1 rings (SSSR count). The van der Waals surface area contributed by atoms with E-state index in [1.807, 2.05) is 13.8 Å². The maximum Gasteiger partial charge on any atom is 0.305 e. The normalized spacial score (nSPS) is 18.3. The molecule has 1 saturated carbocycles. The van der Waals surface area contributed by atoms with Crippen LogP contribution in [0.3, 0.4) is 0 Å². The third kappa shape index (κ3) is 3.72. The quantitative estimate of drug-likeness (QED) is 0.750. The fourth-order valence-electron chi connectivity index (χ4n) is 2.71. The van der Waals surface area contributed by atoms with Gasteiger partial charge in [-0.3, -0.25) is 9.59 Å². The molecule has 0 aliphatic heterocycles. The Labute approximate surface area is 103 Å². The van der Waals surface area contributed by atoms with Crippen molar-refractivity contribution >= 4 is 11.9 Å². The third-order valence-electron chi connectivity index (χ3n) is 3.80. The summed E-state index contributed by atoms with van der Waals surface area (Å²) in [6.07, 6.45) is 5.29. The monoisotopic (exact) mass is 241 g/mol. The van der Waals surface area contributed by atoms with Gasteiger partial charge >= 0.3 is 5.97 Å². The molecule has 0 aromatic carbocycles. The molecule has 1 aliphatic rings. The number of rotatable bonds is 6. The van der Waals surface area contributed by atoms with E-state index in [2.05, 4.69) is 5.32 Å². The summed E-state index contributed by atoms with van der Waals surface area (Å²) in [5.41, 5.74) is -0.481. The Morgan fingerprint density at radius 3 is 2.18 bits per heavy atom. The van der Waals surface area contributed by atoms with E-state index in [4.69, 9.17) is 5.11 Å². The van der Waals surface area contributed by atoms with Crippen LogP contribution in [0.4, 0.5) is 0 Å². The van der Waals surface area contributed by atoms with Gasteiger partial charge in [0, 0.05) is 5.92 Å². The predicted molar refractivity (Wildman–Crippen MR) is 65.7 cm³/mol. The first-order valence-electron chi connectivity index (χ1n) is 6.57. The van der Waals surface area contributed by atoms with Crippen LogP contribution in [0.25, 0.3) is 0 Å². The molecule has 0 aromatic heterocycles. The van der Waals surface area contributed by atoms with Crippen molar-refractivity contribution in [2.45, 2.75) is 64.3 Å². The number of carboxylic acids is 1. The second-order valence-electron chi connectivity index (χ2n) is 5.06. The number of amides is 1. The molecule has 0 atom stereocenters. The van der Waals surface area contributed by atoms with Crippen LogP contribution < -0.4 is 5.32 Å². The number of carboxylic acid groups (broad SMARTS) is 1. The van der Waals surface area contributed by atoms with Crippen LogP contribution in [0, 0.1) is 5.92 Å². The molecule has 0 heterocycles. The molecule has 1 aliphatic carbocycles. The standard InChI is InChI=1S/C13H23NO3/c1-3-10(4-2)12(17)14-13(9-11(15)16)7-5-6-8-13/h10H,3-9H2,1-2H3,(H,14,17)(H,15,16). The van der Waals surface area contributed by atoms with Gasteiger partial charge in [0.05, 0.1) is 12.0 Å². The molecular weight excluding hydrogens is 218 g/mol. The minimum absolute atomic E-state index is 0.0151. The molecule has 1 amide bonds. The molecule has 1 fully saturated rings. The molecule has 17 heavy (non-hydrogen) atoms. The first-order valence-corrected chi connectivity index (χ1v) is 6.57. The Bertz CT molecular complexity index is 278. The highest BCUT2D eigenvalue weighted by atomic mass is 16.4. The lowest BCUT2D eigenvalue weighted by atomic mass is 9.91. The Balaban J connectivity index is 2.66. The Hall–Kier alpha value is -1.06. The van der Waals surface area contributed by atoms with Crippen molar-refractivity contribution in [2.24, 2.45) is 5.92 Å². The molecule has 0 unspecified atom stereocenters. The van der Waals surface area contributed by atoms with E-state index < -0.39 is 11.5 Å². The first kappa shape index (κ1) is 14.0. The van der Waals surface area contributed by atoms with Crippen molar-refractivity contribution in [3.63, 3.8) is 0 Å². The highest BCUT2D eigenvalue weighted by molar-refractivity contribution is 5.80. The number of carbonyl (C=O) groups is 2. The zero-order valence-corrected chi connectivity index (χ0v) is 10.8. The van der Waals surface area contributed by atoms with E-state index in [-0.39, 0.29) is 18.2 Å². The number of carbonyl (C=O) groups excluding carboxylic acids is 1. The van der Waals surface area contributed by atoms with E-state index in [1.54, 1.807) is 0 Å². The fourth-order valence-corrected chi connectivity index (χ4v) is 2.71. The summed E-state index contributed by atoms with van der Waals surface area (Å²) >= 11 is 0. The van der Waals surface area contributed by atoms with Crippen molar-refractivity contribution in [1.82, 2.24) is 5.32 Å². The van der Waals surface area contributed by atoms with Gasteiger partial charge in [0.25, 0.3) is 0 Å². The lowest BCUT2D eigenvalue weighted by Gasteiger charge is -2.30. The Morgan fingerprint density at radius 2 is 1.76 bits per heavy atom. The summed E-state index contributed by atoms with van der Waals surface area (Å²) in [7, 11) is 0. The summed E-state index contributed by atoms with van der Waals surface area (Å²) in [6, 6.07) is 0. The molecule has 0 bridgehead atoms. The highest BCUT2D eigenvalue weighted by Gasteiger charge is 2.38. The van der Waals surface area contributed by atoms with Gasteiger partial charge in [-0.25, -0.2) is 0 Å². The van der Waals surface area contributed by atoms with E-state index in [0.717, 1.165) is 38.5 Å². The molecule has 0 saturated heterocycles. The first-order chi connectivity index (χ1) is 8.03. The summed E-state index contributed by atoms with van der Waals surface area (Å²) in [5.74, 6) is -0.781. The summed E-state index contributed by atoms with van der Waals surface area (Å²) in [4.78, 5) is 22.9. The second kappa shape index (κ2) is 6.03. The van der Waals surface area contributed by atoms with Crippen molar-refractivity contribution in [3.8, 4) is 0 Å². The van der Waals surface area contributed by atoms with Crippen LogP contribution in [-0.4, -0.2) is 22.5 Å². The predicted octanol–water partition coefficient (Wildman–Crippen LogP) is 2.33. The van der Waals surface area contributed by atoms with E-state index in [0.29, 0.717) is 0 Å². The average molecular weight is 241 g/mol. The van der Waals surface area contributed by atoms with E-state index in [9.17, 15) is 9.59 Å². The lowest BCUT2D eigenvalue weighted by molar-refractivity contribution is -0.139. The molecule has 2 N–H and O–H groups in total. The minimum Gasteiger partial charge on any atom is -0.481 e. The SMILES string of the molecule is CCC(CC)C(=O)NC1(CC(=O)O)CCCC1. The van der Waals surface area contributed by atoms with Crippen LogP contribution >= 0.6 is 0 Å². The van der Waals surface area contributed by atoms with Gasteiger partial charge in [0.1, 0.15) is 0 Å². The second-order valence-corrected chi connectivity index (χ2v) is 5.06. The van der Waals surface area contributed by atoms with Gasteiger partial charge < -0.3 is 10.4 Å². The molecule has 0 spiro atoms. The fraction of sp³-hybridized carbons (Fsp3) is 0.846. The molecule has 98 valence electrons. The number of hydrogen-bond donors (Lipinski definition) is 2. The van der Waals surface area contributed by atoms with Crippen molar-refractivity contribution in [1.29, 1.82) is 0 Å². The van der Waals surface area contributed by atoms with Crippen LogP contribution in [-0.2, 0) is 9.59 Å². The van der Waals surface area contributed by atoms with Gasteiger partial charge in [-0.1, -0.05) is 26.7 Å². The van der Waals surface area contributed by atoms with Gasteiger partial charge in [0.2, 0.25) is 5.91 Å². The Kier molecular flexibility index (Phi) is 4.97. The largest absolute Gasteiger partial charge is 0.481 e. The summed E-state index contributed by atoms with van der Waals surface area (Å²) in [5, 5.41) is 12.0. The molecule has 4 heteroatoms. The zero-order chi connectivity index (χ0) is 12.9. The van der Waals surface area contributed by atoms with Gasteiger partial charge in [0.15, 0.2) is 0 Å². The average Bonchev–Trinajstić information content (AvgIpc) is 2.66. The van der Waals surface area contributed by atoms with Crippen LogP contribution in [0.1, 0.15) is 58.8 Å². The van der Waals surface area contributed by atoms with Crippen LogP contribution in [0.2, 0.25) is 0 Å². The minimum atomic E-state index is -0.822. The molecule has 4 nitrogen and oxygen atoms in total. The molecular formula is C13H23NO3. The number of nitrogens with one attached hydrogen (secondary N) is 1. The smallest absolute Gasteiger partial charge is 0.305 e. The Morgan fingerprint density at radius 1 is 1.24 bits per heavy atom. The number of aliphatic carboxylic acids is 1. The van der Waals surface area contributed by atoms with Gasteiger partial charge in [-0.05, 0) is 25.7 Å². The van der Waals surface area contributed by atoms with Gasteiger partial charge in [-0.15, -0.1) is 0 Å². The highest BCUT2D eigenvalue weighted by Crippen LogP contribution is 2.33. The third-order valence-corrected chi connectivity index (χ3v) is 3.80. The molecule has 0 radical (unpaired) electrons. The van der Waals surface area contributed by atoms with Crippen LogP contribution in [0.15, 0.2) is 0 Å². The maximum atomic E-state index is 12.0. The number of hydrogen-bond acceptors (Lipinski definition) is 2. The lowest BCUT2D eigenvalue weighted by Crippen LogP contribution is -2.49. The topological polar surface area (TPSA) is 66.4 Å².